The van der Waals surface area contributed by atoms with E-state index >= 15 is 0 Å². The summed E-state index contributed by atoms with van der Waals surface area (Å²) in [5, 5.41) is 7.38. The normalized spacial score (nSPS) is 20.4. The third-order valence-electron chi connectivity index (χ3n) is 5.88. The molecule has 3 N–H and O–H groups in total. The number of fused-ring (bicyclic) bond motifs is 1. The van der Waals surface area contributed by atoms with Crippen LogP contribution < -0.4 is 10.6 Å². The number of rotatable bonds is 3. The minimum Gasteiger partial charge on any atom is -0.361 e. The Morgan fingerprint density at radius 3 is 2.24 bits per heavy atom. The van der Waals surface area contributed by atoms with Crippen LogP contribution in [0.2, 0.25) is 0 Å². The molecular formula is C25H24FN3. The maximum atomic E-state index is 13.5. The second kappa shape index (κ2) is 6.96. The molecule has 29 heavy (non-hydrogen) atoms. The average molecular weight is 385 g/mol. The van der Waals surface area contributed by atoms with Crippen molar-refractivity contribution in [3.8, 4) is 0 Å². The van der Waals surface area contributed by atoms with Crippen molar-refractivity contribution in [2.24, 2.45) is 0 Å². The molecule has 2 aliphatic rings. The van der Waals surface area contributed by atoms with Crippen molar-refractivity contribution in [3.05, 3.63) is 100 Å². The highest BCUT2D eigenvalue weighted by atomic mass is 19.1. The number of aromatic amines is 1. The molecule has 2 heterocycles. The Balaban J connectivity index is 1.59. The van der Waals surface area contributed by atoms with Gasteiger partial charge in [-0.3, -0.25) is 0 Å². The van der Waals surface area contributed by atoms with E-state index in [1.54, 1.807) is 0 Å². The van der Waals surface area contributed by atoms with E-state index in [1.165, 1.54) is 34.6 Å². The minimum absolute atomic E-state index is 0.0554. The summed E-state index contributed by atoms with van der Waals surface area (Å²) < 4.78 is 13.5. The van der Waals surface area contributed by atoms with Crippen molar-refractivity contribution < 1.29 is 4.39 Å². The van der Waals surface area contributed by atoms with Crippen LogP contribution in [0.5, 0.6) is 0 Å². The predicted octanol–water partition coefficient (Wildman–Crippen LogP) is 5.70. The number of benzene rings is 2. The van der Waals surface area contributed by atoms with Gasteiger partial charge in [0.25, 0.3) is 0 Å². The summed E-state index contributed by atoms with van der Waals surface area (Å²) in [5.74, 6) is 0.259. The number of allylic oxidation sites excluding steroid dienone is 1. The monoisotopic (exact) mass is 385 g/mol. The molecule has 4 heteroatoms. The van der Waals surface area contributed by atoms with Gasteiger partial charge in [0, 0.05) is 34.0 Å². The number of hydrogen-bond donors (Lipinski definition) is 3. The topological polar surface area (TPSA) is 39.9 Å². The van der Waals surface area contributed by atoms with E-state index in [1.807, 2.05) is 30.3 Å². The van der Waals surface area contributed by atoms with Gasteiger partial charge in [0.2, 0.25) is 0 Å². The number of hydrogen-bond acceptors (Lipinski definition) is 2. The molecule has 0 fully saturated rings. The first kappa shape index (κ1) is 17.8. The Labute approximate surface area is 170 Å². The molecule has 146 valence electrons. The van der Waals surface area contributed by atoms with E-state index in [4.69, 9.17) is 0 Å². The fourth-order valence-corrected chi connectivity index (χ4v) is 4.42. The Morgan fingerprint density at radius 2 is 1.55 bits per heavy atom. The quantitative estimate of drug-likeness (QED) is 0.541. The summed E-state index contributed by atoms with van der Waals surface area (Å²) in [6.45, 7) is 4.39. The molecular weight excluding hydrogens is 361 g/mol. The zero-order valence-corrected chi connectivity index (χ0v) is 16.6. The van der Waals surface area contributed by atoms with Gasteiger partial charge in [0.05, 0.1) is 11.4 Å². The highest BCUT2D eigenvalue weighted by Crippen LogP contribution is 2.39. The van der Waals surface area contributed by atoms with Gasteiger partial charge in [-0.25, -0.2) is 4.39 Å². The number of H-pyrrole nitrogens is 1. The summed E-state index contributed by atoms with van der Waals surface area (Å²) in [4.78, 5) is 3.61. The molecule has 1 aromatic heterocycles. The maximum Gasteiger partial charge on any atom is 0.125 e. The Bertz CT molecular complexity index is 1110. The average Bonchev–Trinajstić information content (AvgIpc) is 3.31. The molecule has 2 aromatic carbocycles. The lowest BCUT2D eigenvalue weighted by Crippen LogP contribution is -2.24. The van der Waals surface area contributed by atoms with Crippen molar-refractivity contribution in [2.75, 3.05) is 0 Å². The second-order valence-electron chi connectivity index (χ2n) is 7.87. The largest absolute Gasteiger partial charge is 0.361 e. The molecule has 3 nitrogen and oxygen atoms in total. The maximum absolute atomic E-state index is 13.5. The van der Waals surface area contributed by atoms with E-state index in [0.29, 0.717) is 5.92 Å². The van der Waals surface area contributed by atoms with Gasteiger partial charge < -0.3 is 15.6 Å². The van der Waals surface area contributed by atoms with Crippen molar-refractivity contribution in [2.45, 2.75) is 32.4 Å². The van der Waals surface area contributed by atoms with Crippen LogP contribution in [0.15, 0.2) is 60.7 Å². The standard InChI is InChI=1S/C25H24FN3/c1-15-7-6-10-20-21(16(2)27-22(15)20)25-28-23(17-8-4-3-5-9-17)24(29-25)18-11-13-19(26)14-12-18/h3-6,8-15,25,27-29H,7H2,1-2H3. The van der Waals surface area contributed by atoms with E-state index in [0.717, 1.165) is 28.9 Å². The number of aryl methyl sites for hydroxylation is 1. The lowest BCUT2D eigenvalue weighted by atomic mass is 9.92. The van der Waals surface area contributed by atoms with Crippen LogP contribution >= 0.6 is 0 Å². The molecule has 0 amide bonds. The molecule has 1 aliphatic carbocycles. The smallest absolute Gasteiger partial charge is 0.125 e. The van der Waals surface area contributed by atoms with Gasteiger partial charge in [-0.2, -0.15) is 0 Å². The highest BCUT2D eigenvalue weighted by molar-refractivity contribution is 5.91. The van der Waals surface area contributed by atoms with Crippen LogP contribution in [0.25, 0.3) is 17.5 Å². The first-order chi connectivity index (χ1) is 14.1. The van der Waals surface area contributed by atoms with Crippen molar-refractivity contribution in [1.29, 1.82) is 0 Å². The van der Waals surface area contributed by atoms with Crippen LogP contribution in [0.1, 0.15) is 59.1 Å². The second-order valence-corrected chi connectivity index (χ2v) is 7.87. The van der Waals surface area contributed by atoms with Crippen LogP contribution in [0.4, 0.5) is 4.39 Å². The van der Waals surface area contributed by atoms with Gasteiger partial charge >= 0.3 is 0 Å². The molecule has 0 bridgehead atoms. The summed E-state index contributed by atoms with van der Waals surface area (Å²) >= 11 is 0. The number of aromatic nitrogens is 1. The summed E-state index contributed by atoms with van der Waals surface area (Å²) in [6, 6.07) is 16.9. The first-order valence-corrected chi connectivity index (χ1v) is 10.1. The van der Waals surface area contributed by atoms with Crippen molar-refractivity contribution in [1.82, 2.24) is 15.6 Å². The molecule has 5 rings (SSSR count). The zero-order valence-electron chi connectivity index (χ0n) is 16.6. The fraction of sp³-hybridized carbons (Fsp3) is 0.200. The number of nitrogens with one attached hydrogen (secondary N) is 3. The lowest BCUT2D eigenvalue weighted by molar-refractivity contribution is 0.614. The van der Waals surface area contributed by atoms with Crippen LogP contribution in [0.3, 0.4) is 0 Å². The lowest BCUT2D eigenvalue weighted by Gasteiger charge is -2.19. The summed E-state index contributed by atoms with van der Waals surface area (Å²) in [5.41, 5.74) is 9.09. The highest BCUT2D eigenvalue weighted by Gasteiger charge is 2.31. The van der Waals surface area contributed by atoms with Gasteiger partial charge in [-0.05, 0) is 43.2 Å². The predicted molar refractivity (Wildman–Crippen MR) is 116 cm³/mol. The molecule has 3 aromatic rings. The first-order valence-electron chi connectivity index (χ1n) is 10.1. The van der Waals surface area contributed by atoms with Crippen molar-refractivity contribution >= 4 is 17.5 Å². The molecule has 0 saturated heterocycles. The zero-order chi connectivity index (χ0) is 20.0. The molecule has 2 unspecified atom stereocenters. The molecule has 2 atom stereocenters. The Morgan fingerprint density at radius 1 is 0.897 bits per heavy atom. The van der Waals surface area contributed by atoms with Gasteiger partial charge in [0.15, 0.2) is 0 Å². The van der Waals surface area contributed by atoms with Gasteiger partial charge in [0.1, 0.15) is 12.0 Å². The third-order valence-corrected chi connectivity index (χ3v) is 5.88. The number of halogens is 1. The molecule has 0 saturated carbocycles. The van der Waals surface area contributed by atoms with Crippen LogP contribution in [0, 0.1) is 12.7 Å². The van der Waals surface area contributed by atoms with E-state index < -0.39 is 0 Å². The van der Waals surface area contributed by atoms with Gasteiger partial charge in [-0.1, -0.05) is 49.4 Å². The molecule has 0 radical (unpaired) electrons. The van der Waals surface area contributed by atoms with Crippen LogP contribution in [-0.4, -0.2) is 4.98 Å². The summed E-state index contributed by atoms with van der Waals surface area (Å²) in [6.07, 6.45) is 5.49. The minimum atomic E-state index is -0.229. The van der Waals surface area contributed by atoms with E-state index in [9.17, 15) is 4.39 Å². The van der Waals surface area contributed by atoms with Gasteiger partial charge in [-0.15, -0.1) is 0 Å². The Kier molecular flexibility index (Phi) is 4.27. The summed E-state index contributed by atoms with van der Waals surface area (Å²) in [7, 11) is 0. The Hall–Kier alpha value is -3.27. The molecule has 1 aliphatic heterocycles. The molecule has 0 spiro atoms. The van der Waals surface area contributed by atoms with Crippen molar-refractivity contribution in [3.63, 3.8) is 0 Å². The fourth-order valence-electron chi connectivity index (χ4n) is 4.42. The van der Waals surface area contributed by atoms with E-state index in [-0.39, 0.29) is 12.0 Å². The third kappa shape index (κ3) is 3.05. The SMILES string of the molecule is Cc1[nH]c2c(c1C1NC(c3ccccc3)=C(c3ccc(F)cc3)N1)C=CCC2C. The van der Waals surface area contributed by atoms with E-state index in [2.05, 4.69) is 53.7 Å². The van der Waals surface area contributed by atoms with Crippen LogP contribution in [-0.2, 0) is 0 Å².